The minimum absolute atomic E-state index is 0.162. The maximum absolute atomic E-state index is 13.2. The highest BCUT2D eigenvalue weighted by atomic mass is 32.1. The number of methoxy groups -OCH3 is 1. The summed E-state index contributed by atoms with van der Waals surface area (Å²) in [5.41, 5.74) is 2.69. The molecule has 148 valence electrons. The van der Waals surface area contributed by atoms with E-state index in [1.807, 2.05) is 65.8 Å². The molecule has 0 saturated carbocycles. The lowest BCUT2D eigenvalue weighted by Gasteiger charge is -2.19. The maximum Gasteiger partial charge on any atom is 0.264 e. The molecule has 8 heteroatoms. The number of aryl methyl sites for hydroxylation is 2. The predicted molar refractivity (Wildman–Crippen MR) is 116 cm³/mol. The highest BCUT2D eigenvalue weighted by Crippen LogP contribution is 2.30. The van der Waals surface area contributed by atoms with E-state index in [4.69, 9.17) is 4.74 Å². The molecule has 3 aromatic heterocycles. The molecule has 0 bridgehead atoms. The van der Waals surface area contributed by atoms with Gasteiger partial charge in [0.25, 0.3) is 5.91 Å². The van der Waals surface area contributed by atoms with Crippen molar-refractivity contribution in [2.45, 2.75) is 13.0 Å². The molecule has 1 aromatic carbocycles. The van der Waals surface area contributed by atoms with Crippen LogP contribution in [0.4, 0.5) is 0 Å². The van der Waals surface area contributed by atoms with Gasteiger partial charge in [-0.1, -0.05) is 12.1 Å². The highest BCUT2D eigenvalue weighted by molar-refractivity contribution is 7.17. The van der Waals surface area contributed by atoms with Crippen molar-refractivity contribution in [1.82, 2.24) is 19.9 Å². The highest BCUT2D eigenvalue weighted by Gasteiger charge is 2.24. The standard InChI is InChI=1S/C21H20N4O2S2/c1-13-18(29-21(23-13)15-8-11-28-12-15)20(26)24-17(19-22-9-10-25(19)2)14-4-6-16(27-3)7-5-14/h4-12,17H,1-3H3,(H,24,26)/t17-/m1/s1. The topological polar surface area (TPSA) is 69.0 Å². The van der Waals surface area contributed by atoms with Gasteiger partial charge in [-0.2, -0.15) is 11.3 Å². The third kappa shape index (κ3) is 3.94. The number of thiazole rings is 1. The van der Waals surface area contributed by atoms with Gasteiger partial charge >= 0.3 is 0 Å². The van der Waals surface area contributed by atoms with Crippen LogP contribution in [0, 0.1) is 6.92 Å². The van der Waals surface area contributed by atoms with Crippen molar-refractivity contribution < 1.29 is 9.53 Å². The number of hydrogen-bond acceptors (Lipinski definition) is 6. The molecule has 1 atom stereocenters. The van der Waals surface area contributed by atoms with Crippen molar-refractivity contribution in [3.05, 3.63) is 75.4 Å². The zero-order valence-corrected chi connectivity index (χ0v) is 17.9. The predicted octanol–water partition coefficient (Wildman–Crippen LogP) is 4.44. The van der Waals surface area contributed by atoms with E-state index in [1.165, 1.54) is 11.3 Å². The summed E-state index contributed by atoms with van der Waals surface area (Å²) in [5, 5.41) is 8.04. The molecule has 29 heavy (non-hydrogen) atoms. The Morgan fingerprint density at radius 1 is 1.24 bits per heavy atom. The largest absolute Gasteiger partial charge is 0.497 e. The number of amides is 1. The Balaban J connectivity index is 1.66. The lowest BCUT2D eigenvalue weighted by molar-refractivity contribution is 0.0944. The molecule has 0 spiro atoms. The van der Waals surface area contributed by atoms with Crippen LogP contribution in [0.25, 0.3) is 10.6 Å². The molecular formula is C21H20N4O2S2. The number of ether oxygens (including phenoxy) is 1. The molecule has 0 aliphatic rings. The molecule has 4 aromatic rings. The van der Waals surface area contributed by atoms with Crippen molar-refractivity contribution in [2.75, 3.05) is 7.11 Å². The van der Waals surface area contributed by atoms with Crippen LogP contribution < -0.4 is 10.1 Å². The normalized spacial score (nSPS) is 12.0. The second-order valence-electron chi connectivity index (χ2n) is 6.52. The number of carbonyl (C=O) groups excluding carboxylic acids is 1. The van der Waals surface area contributed by atoms with Crippen LogP contribution in [0.1, 0.15) is 32.8 Å². The van der Waals surface area contributed by atoms with Crippen LogP contribution in [-0.2, 0) is 7.05 Å². The van der Waals surface area contributed by atoms with E-state index in [-0.39, 0.29) is 11.9 Å². The van der Waals surface area contributed by atoms with Gasteiger partial charge < -0.3 is 14.6 Å². The molecule has 0 saturated heterocycles. The number of carbonyl (C=O) groups is 1. The van der Waals surface area contributed by atoms with Crippen LogP contribution in [-0.4, -0.2) is 27.6 Å². The number of imidazole rings is 1. The van der Waals surface area contributed by atoms with Gasteiger partial charge in [-0.05, 0) is 36.1 Å². The lowest BCUT2D eigenvalue weighted by Crippen LogP contribution is -2.31. The Bertz CT molecular complexity index is 1110. The van der Waals surface area contributed by atoms with Crippen LogP contribution in [0.2, 0.25) is 0 Å². The molecule has 0 aliphatic heterocycles. The van der Waals surface area contributed by atoms with Crippen molar-refractivity contribution >= 4 is 28.6 Å². The fraction of sp³-hybridized carbons (Fsp3) is 0.190. The van der Waals surface area contributed by atoms with Crippen LogP contribution in [0.5, 0.6) is 5.75 Å². The van der Waals surface area contributed by atoms with Gasteiger partial charge in [-0.25, -0.2) is 9.97 Å². The fourth-order valence-electron chi connectivity index (χ4n) is 3.06. The monoisotopic (exact) mass is 424 g/mol. The van der Waals surface area contributed by atoms with Gasteiger partial charge in [0.15, 0.2) is 0 Å². The van der Waals surface area contributed by atoms with Crippen molar-refractivity contribution in [2.24, 2.45) is 7.05 Å². The van der Waals surface area contributed by atoms with Gasteiger partial charge in [0, 0.05) is 30.4 Å². The molecule has 0 fully saturated rings. The van der Waals surface area contributed by atoms with Crippen LogP contribution >= 0.6 is 22.7 Å². The SMILES string of the molecule is COc1ccc([C@@H](NC(=O)c2sc(-c3ccsc3)nc2C)c2nccn2C)cc1. The summed E-state index contributed by atoms with van der Waals surface area (Å²) < 4.78 is 7.16. The smallest absolute Gasteiger partial charge is 0.264 e. The summed E-state index contributed by atoms with van der Waals surface area (Å²) in [6.07, 6.45) is 3.59. The Labute approximate surface area is 176 Å². The lowest BCUT2D eigenvalue weighted by atomic mass is 10.1. The summed E-state index contributed by atoms with van der Waals surface area (Å²) in [4.78, 5) is 22.8. The average Bonchev–Trinajstić information content (AvgIpc) is 3.47. The van der Waals surface area contributed by atoms with E-state index in [0.29, 0.717) is 4.88 Å². The number of benzene rings is 1. The van der Waals surface area contributed by atoms with E-state index in [1.54, 1.807) is 24.6 Å². The van der Waals surface area contributed by atoms with Gasteiger partial charge in [0.1, 0.15) is 27.5 Å². The molecule has 1 N–H and O–H groups in total. The Morgan fingerprint density at radius 3 is 2.66 bits per heavy atom. The van der Waals surface area contributed by atoms with Gasteiger partial charge in [0.2, 0.25) is 0 Å². The number of aromatic nitrogens is 3. The van der Waals surface area contributed by atoms with Crippen molar-refractivity contribution in [1.29, 1.82) is 0 Å². The van der Waals surface area contributed by atoms with E-state index in [2.05, 4.69) is 15.3 Å². The third-order valence-electron chi connectivity index (χ3n) is 4.61. The van der Waals surface area contributed by atoms with E-state index in [0.717, 1.165) is 33.4 Å². The molecule has 0 aliphatic carbocycles. The molecule has 4 rings (SSSR count). The fourth-order valence-corrected chi connectivity index (χ4v) is 4.74. The molecule has 6 nitrogen and oxygen atoms in total. The van der Waals surface area contributed by atoms with Gasteiger partial charge in [0.05, 0.1) is 12.8 Å². The zero-order valence-electron chi connectivity index (χ0n) is 16.2. The third-order valence-corrected chi connectivity index (χ3v) is 6.50. The summed E-state index contributed by atoms with van der Waals surface area (Å²) in [6.45, 7) is 1.87. The van der Waals surface area contributed by atoms with Crippen molar-refractivity contribution in [3.63, 3.8) is 0 Å². The van der Waals surface area contributed by atoms with Crippen LogP contribution in [0.15, 0.2) is 53.5 Å². The second kappa shape index (κ2) is 8.18. The van der Waals surface area contributed by atoms with Crippen molar-refractivity contribution in [3.8, 4) is 16.3 Å². The molecule has 0 radical (unpaired) electrons. The number of rotatable bonds is 6. The number of thiophene rings is 1. The first-order valence-corrected chi connectivity index (χ1v) is 10.7. The second-order valence-corrected chi connectivity index (χ2v) is 8.30. The molecule has 0 unspecified atom stereocenters. The Hall–Kier alpha value is -2.97. The molecule has 1 amide bonds. The number of nitrogens with zero attached hydrogens (tertiary/aromatic N) is 3. The number of nitrogens with one attached hydrogen (secondary N) is 1. The summed E-state index contributed by atoms with van der Waals surface area (Å²) in [7, 11) is 3.54. The van der Waals surface area contributed by atoms with E-state index in [9.17, 15) is 4.79 Å². The maximum atomic E-state index is 13.2. The summed E-state index contributed by atoms with van der Waals surface area (Å²) in [5.74, 6) is 1.35. The minimum Gasteiger partial charge on any atom is -0.497 e. The Kier molecular flexibility index (Phi) is 5.46. The summed E-state index contributed by atoms with van der Waals surface area (Å²) >= 11 is 3.02. The quantitative estimate of drug-likeness (QED) is 0.497. The van der Waals surface area contributed by atoms with Gasteiger partial charge in [-0.15, -0.1) is 11.3 Å². The zero-order chi connectivity index (χ0) is 20.4. The first-order valence-electron chi connectivity index (χ1n) is 8.99. The van der Waals surface area contributed by atoms with Gasteiger partial charge in [-0.3, -0.25) is 4.79 Å². The molecular weight excluding hydrogens is 404 g/mol. The first-order chi connectivity index (χ1) is 14.1. The van der Waals surface area contributed by atoms with Crippen LogP contribution in [0.3, 0.4) is 0 Å². The minimum atomic E-state index is -0.389. The van der Waals surface area contributed by atoms with E-state index >= 15 is 0 Å². The first kappa shape index (κ1) is 19.4. The summed E-state index contributed by atoms with van der Waals surface area (Å²) in [6, 6.07) is 9.26. The average molecular weight is 425 g/mol. The molecule has 3 heterocycles. The number of hydrogen-bond donors (Lipinski definition) is 1. The Morgan fingerprint density at radius 2 is 2.03 bits per heavy atom. The van der Waals surface area contributed by atoms with E-state index < -0.39 is 0 Å².